The van der Waals surface area contributed by atoms with Crippen molar-refractivity contribution < 1.29 is 18.3 Å². The standard InChI is InChI=1S/C12H18N2O4S/c1-12(11(15)16)6-3-4-7-14(12)19(17,18)10-5-8-13(2)9-10/h5,8-9H,3-4,6-7H2,1-2H3,(H,15,16). The van der Waals surface area contributed by atoms with Gasteiger partial charge in [-0.15, -0.1) is 0 Å². The first kappa shape index (κ1) is 14.1. The summed E-state index contributed by atoms with van der Waals surface area (Å²) in [4.78, 5) is 11.6. The van der Waals surface area contributed by atoms with E-state index < -0.39 is 21.5 Å². The molecule has 2 rings (SSSR count). The number of nitrogens with zero attached hydrogens (tertiary/aromatic N) is 2. The number of aromatic nitrogens is 1. The van der Waals surface area contributed by atoms with Gasteiger partial charge in [0.05, 0.1) is 4.90 Å². The number of carbonyl (C=O) groups is 1. The molecule has 1 aromatic heterocycles. The minimum Gasteiger partial charge on any atom is -0.480 e. The van der Waals surface area contributed by atoms with Gasteiger partial charge in [0, 0.05) is 26.0 Å². The first-order valence-electron chi connectivity index (χ1n) is 6.17. The molecule has 0 aliphatic carbocycles. The molecule has 1 atom stereocenters. The number of aliphatic carboxylic acids is 1. The number of aryl methyl sites for hydroxylation is 1. The zero-order valence-corrected chi connectivity index (χ0v) is 11.9. The molecule has 0 saturated carbocycles. The zero-order chi connectivity index (χ0) is 14.3. The van der Waals surface area contributed by atoms with Gasteiger partial charge in [-0.05, 0) is 32.3 Å². The Hall–Kier alpha value is -1.34. The topological polar surface area (TPSA) is 79.6 Å². The number of carboxylic acids is 1. The first-order valence-corrected chi connectivity index (χ1v) is 7.61. The van der Waals surface area contributed by atoms with Crippen LogP contribution in [0.4, 0.5) is 0 Å². The minimum absolute atomic E-state index is 0.143. The lowest BCUT2D eigenvalue weighted by atomic mass is 9.91. The van der Waals surface area contributed by atoms with Gasteiger partial charge in [0.15, 0.2) is 0 Å². The van der Waals surface area contributed by atoms with Crippen LogP contribution in [0, 0.1) is 0 Å². The Labute approximate surface area is 112 Å². The highest BCUT2D eigenvalue weighted by atomic mass is 32.2. The van der Waals surface area contributed by atoms with Crippen LogP contribution in [0.3, 0.4) is 0 Å². The van der Waals surface area contributed by atoms with E-state index in [9.17, 15) is 18.3 Å². The summed E-state index contributed by atoms with van der Waals surface area (Å²) in [5.74, 6) is -1.09. The maximum absolute atomic E-state index is 12.6. The predicted octanol–water partition coefficient (Wildman–Crippen LogP) is 1.04. The summed E-state index contributed by atoms with van der Waals surface area (Å²) in [5, 5.41) is 9.37. The molecule has 0 radical (unpaired) electrons. The van der Waals surface area contributed by atoms with E-state index in [0.717, 1.165) is 10.7 Å². The Morgan fingerprint density at radius 1 is 1.42 bits per heavy atom. The second kappa shape index (κ2) is 4.64. The van der Waals surface area contributed by atoms with Gasteiger partial charge in [-0.2, -0.15) is 4.31 Å². The Balaban J connectivity index is 2.46. The van der Waals surface area contributed by atoms with E-state index in [0.29, 0.717) is 12.8 Å². The van der Waals surface area contributed by atoms with E-state index in [-0.39, 0.29) is 11.4 Å². The van der Waals surface area contributed by atoms with Gasteiger partial charge in [-0.3, -0.25) is 4.79 Å². The Morgan fingerprint density at radius 3 is 2.63 bits per heavy atom. The fraction of sp³-hybridized carbons (Fsp3) is 0.583. The Morgan fingerprint density at radius 2 is 2.11 bits per heavy atom. The molecule has 7 heteroatoms. The van der Waals surface area contributed by atoms with Crippen molar-refractivity contribution in [3.63, 3.8) is 0 Å². The largest absolute Gasteiger partial charge is 0.480 e. The molecule has 0 aromatic carbocycles. The molecule has 1 aliphatic rings. The minimum atomic E-state index is -3.76. The summed E-state index contributed by atoms with van der Waals surface area (Å²) in [6.45, 7) is 1.73. The van der Waals surface area contributed by atoms with E-state index in [4.69, 9.17) is 0 Å². The number of sulfonamides is 1. The molecule has 0 bridgehead atoms. The molecule has 1 aliphatic heterocycles. The highest BCUT2D eigenvalue weighted by molar-refractivity contribution is 7.89. The van der Waals surface area contributed by atoms with Crippen LogP contribution in [-0.4, -0.2) is 40.4 Å². The lowest BCUT2D eigenvalue weighted by Crippen LogP contribution is -2.57. The highest BCUT2D eigenvalue weighted by Gasteiger charge is 2.47. The van der Waals surface area contributed by atoms with Crippen molar-refractivity contribution in [3.05, 3.63) is 18.5 Å². The van der Waals surface area contributed by atoms with Crippen LogP contribution in [0.1, 0.15) is 26.2 Å². The summed E-state index contributed by atoms with van der Waals surface area (Å²) in [7, 11) is -2.03. The Kier molecular flexibility index (Phi) is 3.44. The molecule has 0 spiro atoms. The van der Waals surface area contributed by atoms with Crippen molar-refractivity contribution in [1.82, 2.24) is 8.87 Å². The van der Waals surface area contributed by atoms with Gasteiger partial charge in [0.1, 0.15) is 5.54 Å². The average molecular weight is 286 g/mol. The molecule has 1 saturated heterocycles. The molecule has 19 heavy (non-hydrogen) atoms. The lowest BCUT2D eigenvalue weighted by Gasteiger charge is -2.40. The average Bonchev–Trinajstić information content (AvgIpc) is 2.76. The van der Waals surface area contributed by atoms with Crippen molar-refractivity contribution in [2.75, 3.05) is 6.54 Å². The van der Waals surface area contributed by atoms with Gasteiger partial charge in [-0.1, -0.05) is 0 Å². The number of carboxylic acid groups (broad SMARTS) is 1. The van der Waals surface area contributed by atoms with E-state index in [1.165, 1.54) is 19.2 Å². The molecular formula is C12H18N2O4S. The van der Waals surface area contributed by atoms with Crippen LogP contribution >= 0.6 is 0 Å². The maximum atomic E-state index is 12.6. The number of rotatable bonds is 3. The second-order valence-electron chi connectivity index (χ2n) is 5.13. The van der Waals surface area contributed by atoms with Gasteiger partial charge in [0.2, 0.25) is 10.0 Å². The van der Waals surface area contributed by atoms with Crippen molar-refractivity contribution in [1.29, 1.82) is 0 Å². The van der Waals surface area contributed by atoms with Gasteiger partial charge >= 0.3 is 5.97 Å². The monoisotopic (exact) mass is 286 g/mol. The van der Waals surface area contributed by atoms with Crippen molar-refractivity contribution in [2.24, 2.45) is 7.05 Å². The fourth-order valence-electron chi connectivity index (χ4n) is 2.45. The van der Waals surface area contributed by atoms with Crippen LogP contribution in [0.2, 0.25) is 0 Å². The van der Waals surface area contributed by atoms with Crippen molar-refractivity contribution in [3.8, 4) is 0 Å². The summed E-state index contributed by atoms with van der Waals surface area (Å²) in [6.07, 6.45) is 4.88. The normalized spacial score (nSPS) is 25.4. The molecule has 0 amide bonds. The number of piperidine rings is 1. The molecule has 6 nitrogen and oxygen atoms in total. The Bertz CT molecular complexity index is 593. The molecule has 1 fully saturated rings. The van der Waals surface area contributed by atoms with Crippen LogP contribution in [0.25, 0.3) is 0 Å². The third-order valence-corrected chi connectivity index (χ3v) is 5.68. The first-order chi connectivity index (χ1) is 8.78. The number of hydrogen-bond donors (Lipinski definition) is 1. The highest BCUT2D eigenvalue weighted by Crippen LogP contribution is 2.33. The SMILES string of the molecule is Cn1ccc(S(=O)(=O)N2CCCCC2(C)C(=O)O)c1. The third-order valence-electron chi connectivity index (χ3n) is 3.68. The van der Waals surface area contributed by atoms with E-state index in [2.05, 4.69) is 0 Å². The second-order valence-corrected chi connectivity index (χ2v) is 6.99. The van der Waals surface area contributed by atoms with Crippen LogP contribution < -0.4 is 0 Å². The molecule has 1 aromatic rings. The summed E-state index contributed by atoms with van der Waals surface area (Å²) < 4.78 is 27.9. The molecule has 106 valence electrons. The van der Waals surface area contributed by atoms with Crippen LogP contribution in [0.15, 0.2) is 23.4 Å². The third kappa shape index (κ3) is 2.28. The van der Waals surface area contributed by atoms with Gasteiger partial charge < -0.3 is 9.67 Å². The molecular weight excluding hydrogens is 268 g/mol. The maximum Gasteiger partial charge on any atom is 0.324 e. The van der Waals surface area contributed by atoms with Gasteiger partial charge in [0.25, 0.3) is 0 Å². The molecule has 2 heterocycles. The lowest BCUT2D eigenvalue weighted by molar-refractivity contribution is -0.149. The summed E-state index contributed by atoms with van der Waals surface area (Å²) >= 11 is 0. The van der Waals surface area contributed by atoms with E-state index in [1.54, 1.807) is 17.8 Å². The summed E-state index contributed by atoms with van der Waals surface area (Å²) in [5.41, 5.74) is -1.35. The van der Waals surface area contributed by atoms with Crippen molar-refractivity contribution in [2.45, 2.75) is 36.6 Å². The molecule has 1 N–H and O–H groups in total. The van der Waals surface area contributed by atoms with Crippen LogP contribution in [0.5, 0.6) is 0 Å². The number of hydrogen-bond acceptors (Lipinski definition) is 3. The van der Waals surface area contributed by atoms with Crippen LogP contribution in [-0.2, 0) is 21.9 Å². The van der Waals surface area contributed by atoms with Gasteiger partial charge in [-0.25, -0.2) is 8.42 Å². The summed E-state index contributed by atoms with van der Waals surface area (Å²) in [6, 6.07) is 1.49. The van der Waals surface area contributed by atoms with E-state index in [1.807, 2.05) is 0 Å². The van der Waals surface area contributed by atoms with E-state index >= 15 is 0 Å². The smallest absolute Gasteiger partial charge is 0.324 e. The zero-order valence-electron chi connectivity index (χ0n) is 11.0. The molecule has 1 unspecified atom stereocenters. The quantitative estimate of drug-likeness (QED) is 0.900. The predicted molar refractivity (Wildman–Crippen MR) is 69.2 cm³/mol. The fourth-order valence-corrected chi connectivity index (χ4v) is 4.31. The van der Waals surface area contributed by atoms with Crippen molar-refractivity contribution >= 4 is 16.0 Å².